The van der Waals surface area contributed by atoms with E-state index >= 15 is 0 Å². The van der Waals surface area contributed by atoms with Crippen molar-refractivity contribution in [1.29, 1.82) is 0 Å². The van der Waals surface area contributed by atoms with Crippen LogP contribution in [0.25, 0.3) is 0 Å². The van der Waals surface area contributed by atoms with Gasteiger partial charge in [0, 0.05) is 11.1 Å². The Bertz CT molecular complexity index is 867. The highest BCUT2D eigenvalue weighted by Crippen LogP contribution is 2.21. The zero-order valence-corrected chi connectivity index (χ0v) is 16.3. The van der Waals surface area contributed by atoms with Gasteiger partial charge in [0.1, 0.15) is 5.75 Å². The number of amides is 1. The van der Waals surface area contributed by atoms with Gasteiger partial charge in [-0.3, -0.25) is 9.52 Å². The number of benzene rings is 2. The second-order valence-corrected chi connectivity index (χ2v) is 8.13. The molecular formula is C18H21ClN2O4S. The maximum absolute atomic E-state index is 12.4. The molecule has 0 fully saturated rings. The molecule has 26 heavy (non-hydrogen) atoms. The Balaban J connectivity index is 2.07. The zero-order chi connectivity index (χ0) is 19.3. The van der Waals surface area contributed by atoms with Crippen molar-refractivity contribution in [3.63, 3.8) is 0 Å². The van der Waals surface area contributed by atoms with Crippen molar-refractivity contribution in [3.8, 4) is 5.75 Å². The number of nitrogens with one attached hydrogen (secondary N) is 2. The van der Waals surface area contributed by atoms with E-state index in [9.17, 15) is 13.2 Å². The Kier molecular flexibility index (Phi) is 6.50. The topological polar surface area (TPSA) is 84.5 Å². The van der Waals surface area contributed by atoms with Crippen LogP contribution in [0, 0.1) is 0 Å². The molecule has 0 spiro atoms. The smallest absolute Gasteiger partial charge is 0.261 e. The molecule has 6 nitrogen and oxygen atoms in total. The Morgan fingerprint density at radius 3 is 2.31 bits per heavy atom. The number of sulfonamides is 1. The van der Waals surface area contributed by atoms with Crippen LogP contribution in [0.15, 0.2) is 53.4 Å². The van der Waals surface area contributed by atoms with Crippen LogP contribution in [0.1, 0.15) is 20.8 Å². The molecule has 0 bridgehead atoms. The van der Waals surface area contributed by atoms with Crippen LogP contribution in [0.3, 0.4) is 0 Å². The first-order valence-corrected chi connectivity index (χ1v) is 9.89. The molecule has 2 aromatic rings. The fourth-order valence-corrected chi connectivity index (χ4v) is 3.36. The molecule has 0 saturated carbocycles. The lowest BCUT2D eigenvalue weighted by molar-refractivity contribution is -0.127. The summed E-state index contributed by atoms with van der Waals surface area (Å²) >= 11 is 5.86. The van der Waals surface area contributed by atoms with Gasteiger partial charge in [-0.15, -0.1) is 0 Å². The van der Waals surface area contributed by atoms with Crippen LogP contribution in [0.5, 0.6) is 5.75 Å². The molecule has 8 heteroatoms. The third-order valence-electron chi connectivity index (χ3n) is 3.32. The molecule has 0 aliphatic rings. The van der Waals surface area contributed by atoms with Crippen molar-refractivity contribution in [2.75, 3.05) is 4.72 Å². The van der Waals surface area contributed by atoms with Gasteiger partial charge in [0.25, 0.3) is 15.9 Å². The second kappa shape index (κ2) is 8.42. The number of hydrogen-bond acceptors (Lipinski definition) is 4. The number of ether oxygens (including phenoxy) is 1. The number of halogens is 1. The van der Waals surface area contributed by atoms with Gasteiger partial charge in [-0.2, -0.15) is 0 Å². The van der Waals surface area contributed by atoms with Crippen molar-refractivity contribution >= 4 is 33.2 Å². The lowest BCUT2D eigenvalue weighted by Crippen LogP contribution is -2.40. The highest BCUT2D eigenvalue weighted by atomic mass is 35.5. The monoisotopic (exact) mass is 396 g/mol. The van der Waals surface area contributed by atoms with E-state index in [1.165, 1.54) is 30.3 Å². The minimum Gasteiger partial charge on any atom is -0.481 e. The Morgan fingerprint density at radius 1 is 1.08 bits per heavy atom. The number of rotatable bonds is 7. The van der Waals surface area contributed by atoms with E-state index in [1.807, 2.05) is 13.8 Å². The van der Waals surface area contributed by atoms with Gasteiger partial charge in [0.15, 0.2) is 6.10 Å². The lowest BCUT2D eigenvalue weighted by atomic mass is 10.3. The minimum atomic E-state index is -3.75. The molecule has 0 heterocycles. The predicted octanol–water partition coefficient (Wildman–Crippen LogP) is 3.43. The van der Waals surface area contributed by atoms with Crippen LogP contribution < -0.4 is 14.8 Å². The van der Waals surface area contributed by atoms with Crippen molar-refractivity contribution in [3.05, 3.63) is 53.6 Å². The average Bonchev–Trinajstić information content (AvgIpc) is 2.54. The van der Waals surface area contributed by atoms with Crippen LogP contribution in [0.4, 0.5) is 5.69 Å². The summed E-state index contributed by atoms with van der Waals surface area (Å²) < 4.78 is 32.8. The van der Waals surface area contributed by atoms with E-state index in [0.29, 0.717) is 16.5 Å². The first kappa shape index (κ1) is 20.1. The standard InChI is InChI=1S/C18H21ClN2O4S/c1-12(2)20-18(22)13(3)25-16-7-9-17(10-8-16)26(23,24)21-15-6-4-5-14(19)11-15/h4-13,21H,1-3H3,(H,20,22)/t13-/m0/s1. The number of anilines is 1. The van der Waals surface area contributed by atoms with Crippen molar-refractivity contribution in [1.82, 2.24) is 5.32 Å². The molecule has 0 radical (unpaired) electrons. The third kappa shape index (κ3) is 5.64. The Labute approximate surface area is 158 Å². The van der Waals surface area contributed by atoms with Gasteiger partial charge in [-0.05, 0) is 63.2 Å². The molecular weight excluding hydrogens is 376 g/mol. The van der Waals surface area contributed by atoms with Crippen LogP contribution in [-0.2, 0) is 14.8 Å². The van der Waals surface area contributed by atoms with E-state index in [1.54, 1.807) is 25.1 Å². The van der Waals surface area contributed by atoms with Gasteiger partial charge < -0.3 is 10.1 Å². The van der Waals surface area contributed by atoms with Crippen molar-refractivity contribution < 1.29 is 17.9 Å². The van der Waals surface area contributed by atoms with E-state index < -0.39 is 16.1 Å². The molecule has 0 aromatic heterocycles. The molecule has 1 amide bonds. The van der Waals surface area contributed by atoms with Crippen LogP contribution in [0.2, 0.25) is 5.02 Å². The minimum absolute atomic E-state index is 0.0126. The average molecular weight is 397 g/mol. The highest BCUT2D eigenvalue weighted by Gasteiger charge is 2.17. The molecule has 2 rings (SSSR count). The van der Waals surface area contributed by atoms with E-state index in [4.69, 9.17) is 16.3 Å². The summed E-state index contributed by atoms with van der Waals surface area (Å²) in [6, 6.07) is 12.3. The molecule has 140 valence electrons. The number of carbonyl (C=O) groups is 1. The normalized spacial score (nSPS) is 12.5. The summed E-state index contributed by atoms with van der Waals surface area (Å²) in [5.74, 6) is 0.164. The Morgan fingerprint density at radius 2 is 1.73 bits per heavy atom. The van der Waals surface area contributed by atoms with Crippen LogP contribution in [-0.4, -0.2) is 26.5 Å². The summed E-state index contributed by atoms with van der Waals surface area (Å²) in [6.07, 6.45) is -0.690. The molecule has 0 aliphatic carbocycles. The SMILES string of the molecule is CC(C)NC(=O)[C@H](C)Oc1ccc(S(=O)(=O)Nc2cccc(Cl)c2)cc1. The predicted molar refractivity (Wildman–Crippen MR) is 102 cm³/mol. The molecule has 2 N–H and O–H groups in total. The lowest BCUT2D eigenvalue weighted by Gasteiger charge is -2.16. The van der Waals surface area contributed by atoms with E-state index in [0.717, 1.165) is 0 Å². The summed E-state index contributed by atoms with van der Waals surface area (Å²) in [4.78, 5) is 11.9. The molecule has 0 unspecified atom stereocenters. The van der Waals surface area contributed by atoms with Crippen molar-refractivity contribution in [2.24, 2.45) is 0 Å². The fraction of sp³-hybridized carbons (Fsp3) is 0.278. The first-order valence-electron chi connectivity index (χ1n) is 8.03. The van der Waals surface area contributed by atoms with Crippen LogP contribution >= 0.6 is 11.6 Å². The molecule has 0 aliphatic heterocycles. The van der Waals surface area contributed by atoms with Gasteiger partial charge in [0.2, 0.25) is 0 Å². The number of hydrogen-bond donors (Lipinski definition) is 2. The van der Waals surface area contributed by atoms with E-state index in [-0.39, 0.29) is 16.8 Å². The molecule has 1 atom stereocenters. The Hall–Kier alpha value is -2.25. The maximum atomic E-state index is 12.4. The van der Waals surface area contributed by atoms with Gasteiger partial charge in [-0.1, -0.05) is 17.7 Å². The van der Waals surface area contributed by atoms with Crippen molar-refractivity contribution in [2.45, 2.75) is 37.8 Å². The highest BCUT2D eigenvalue weighted by molar-refractivity contribution is 7.92. The largest absolute Gasteiger partial charge is 0.481 e. The van der Waals surface area contributed by atoms with Gasteiger partial charge in [-0.25, -0.2) is 8.42 Å². The second-order valence-electron chi connectivity index (χ2n) is 6.01. The fourth-order valence-electron chi connectivity index (χ4n) is 2.12. The summed E-state index contributed by atoms with van der Waals surface area (Å²) in [7, 11) is -3.75. The molecule has 2 aromatic carbocycles. The number of carbonyl (C=O) groups excluding carboxylic acids is 1. The summed E-state index contributed by atoms with van der Waals surface area (Å²) in [5.41, 5.74) is 0.372. The third-order valence-corrected chi connectivity index (χ3v) is 4.96. The van der Waals surface area contributed by atoms with E-state index in [2.05, 4.69) is 10.0 Å². The first-order chi connectivity index (χ1) is 12.2. The zero-order valence-electron chi connectivity index (χ0n) is 14.7. The maximum Gasteiger partial charge on any atom is 0.261 e. The quantitative estimate of drug-likeness (QED) is 0.750. The van der Waals surface area contributed by atoms with Gasteiger partial charge >= 0.3 is 0 Å². The molecule has 0 saturated heterocycles. The van der Waals surface area contributed by atoms with Gasteiger partial charge in [0.05, 0.1) is 10.6 Å². The summed E-state index contributed by atoms with van der Waals surface area (Å²) in [5, 5.41) is 3.18. The summed E-state index contributed by atoms with van der Waals surface area (Å²) in [6.45, 7) is 5.34.